The molecule has 2 rings (SSSR count). The summed E-state index contributed by atoms with van der Waals surface area (Å²) in [4.78, 5) is 30.8. The van der Waals surface area contributed by atoms with Gasteiger partial charge in [0, 0.05) is 30.5 Å². The van der Waals surface area contributed by atoms with Crippen molar-refractivity contribution in [3.8, 4) is 0 Å². The molecule has 0 aromatic carbocycles. The molecule has 0 aliphatic heterocycles. The summed E-state index contributed by atoms with van der Waals surface area (Å²) >= 11 is 1.11. The van der Waals surface area contributed by atoms with Crippen LogP contribution >= 0.6 is 11.8 Å². The molecule has 0 atom stereocenters. The van der Waals surface area contributed by atoms with Crippen molar-refractivity contribution in [1.82, 2.24) is 14.5 Å². The summed E-state index contributed by atoms with van der Waals surface area (Å²) in [6.45, 7) is 0. The van der Waals surface area contributed by atoms with Crippen LogP contribution < -0.4 is 5.56 Å². The van der Waals surface area contributed by atoms with Crippen molar-refractivity contribution >= 4 is 17.7 Å². The van der Waals surface area contributed by atoms with Crippen molar-refractivity contribution in [2.24, 2.45) is 7.05 Å². The largest absolute Gasteiger partial charge is 0.477 e. The third-order valence-corrected chi connectivity index (χ3v) is 3.11. The molecule has 0 unspecified atom stereocenters. The van der Waals surface area contributed by atoms with Crippen molar-refractivity contribution in [3.05, 3.63) is 46.8 Å². The van der Waals surface area contributed by atoms with E-state index in [0.717, 1.165) is 11.8 Å². The number of aromatic carboxylic acids is 1. The van der Waals surface area contributed by atoms with E-state index in [-0.39, 0.29) is 11.3 Å². The number of nitrogens with zero attached hydrogens (tertiary/aromatic N) is 3. The van der Waals surface area contributed by atoms with Crippen molar-refractivity contribution in [3.63, 3.8) is 0 Å². The minimum atomic E-state index is -1.11. The van der Waals surface area contributed by atoms with E-state index in [4.69, 9.17) is 5.11 Å². The number of rotatable bonds is 3. The molecule has 0 saturated carbocycles. The third kappa shape index (κ3) is 2.57. The maximum atomic E-state index is 11.7. The van der Waals surface area contributed by atoms with Gasteiger partial charge in [0.25, 0.3) is 5.56 Å². The van der Waals surface area contributed by atoms with Crippen LogP contribution in [0.15, 0.2) is 45.4 Å². The van der Waals surface area contributed by atoms with Crippen LogP contribution in [0, 0.1) is 0 Å². The molecule has 2 aromatic heterocycles. The van der Waals surface area contributed by atoms with E-state index in [1.165, 1.54) is 23.0 Å². The van der Waals surface area contributed by atoms with Crippen LogP contribution in [0.2, 0.25) is 0 Å². The SMILES string of the molecule is Cn1ccnc(Sc2ccnc(C(=O)O)c2)c1=O. The molecule has 0 aliphatic rings. The lowest BCUT2D eigenvalue weighted by Crippen LogP contribution is -2.18. The zero-order chi connectivity index (χ0) is 13.1. The van der Waals surface area contributed by atoms with E-state index in [2.05, 4.69) is 9.97 Å². The Hall–Kier alpha value is -2.15. The van der Waals surface area contributed by atoms with E-state index in [0.29, 0.717) is 9.92 Å². The van der Waals surface area contributed by atoms with Gasteiger partial charge in [0.05, 0.1) is 0 Å². The van der Waals surface area contributed by atoms with Crippen LogP contribution in [-0.4, -0.2) is 25.6 Å². The molecular weight excluding hydrogens is 254 g/mol. The van der Waals surface area contributed by atoms with E-state index < -0.39 is 5.97 Å². The molecule has 18 heavy (non-hydrogen) atoms. The fourth-order valence-electron chi connectivity index (χ4n) is 1.25. The van der Waals surface area contributed by atoms with Gasteiger partial charge in [-0.1, -0.05) is 11.8 Å². The standard InChI is InChI=1S/C11H9N3O3S/c1-14-5-4-13-9(10(14)15)18-7-2-3-12-8(6-7)11(16)17/h2-6H,1H3,(H,16,17). The molecule has 0 spiro atoms. The van der Waals surface area contributed by atoms with Gasteiger partial charge >= 0.3 is 5.97 Å². The molecule has 0 bridgehead atoms. The van der Waals surface area contributed by atoms with Gasteiger partial charge in [0.2, 0.25) is 0 Å². The molecular formula is C11H9N3O3S. The van der Waals surface area contributed by atoms with Gasteiger partial charge in [-0.25, -0.2) is 14.8 Å². The highest BCUT2D eigenvalue weighted by atomic mass is 32.2. The monoisotopic (exact) mass is 263 g/mol. The predicted octanol–water partition coefficient (Wildman–Crippen LogP) is 1.02. The molecule has 0 radical (unpaired) electrons. The van der Waals surface area contributed by atoms with Crippen LogP contribution in [-0.2, 0) is 7.05 Å². The summed E-state index contributed by atoms with van der Waals surface area (Å²) in [5.74, 6) is -1.11. The van der Waals surface area contributed by atoms with Crippen LogP contribution in [0.1, 0.15) is 10.5 Å². The summed E-state index contributed by atoms with van der Waals surface area (Å²) in [7, 11) is 1.63. The summed E-state index contributed by atoms with van der Waals surface area (Å²) in [6, 6.07) is 3.03. The predicted molar refractivity (Wildman–Crippen MR) is 64.8 cm³/mol. The molecule has 6 nitrogen and oxygen atoms in total. The van der Waals surface area contributed by atoms with E-state index in [1.54, 1.807) is 19.3 Å². The molecule has 0 saturated heterocycles. The van der Waals surface area contributed by atoms with Gasteiger partial charge < -0.3 is 9.67 Å². The highest BCUT2D eigenvalue weighted by molar-refractivity contribution is 7.99. The normalized spacial score (nSPS) is 10.3. The summed E-state index contributed by atoms with van der Waals surface area (Å²) in [5.41, 5.74) is -0.288. The smallest absolute Gasteiger partial charge is 0.354 e. The zero-order valence-electron chi connectivity index (χ0n) is 9.40. The Morgan fingerprint density at radius 1 is 1.39 bits per heavy atom. The van der Waals surface area contributed by atoms with Gasteiger partial charge in [0.1, 0.15) is 5.69 Å². The quantitative estimate of drug-likeness (QED) is 0.890. The minimum absolute atomic E-state index is 0.0623. The molecule has 7 heteroatoms. The van der Waals surface area contributed by atoms with Gasteiger partial charge in [-0.2, -0.15) is 0 Å². The Labute approximate surface area is 106 Å². The van der Waals surface area contributed by atoms with Crippen molar-refractivity contribution in [2.45, 2.75) is 9.92 Å². The van der Waals surface area contributed by atoms with Crippen molar-refractivity contribution in [1.29, 1.82) is 0 Å². The van der Waals surface area contributed by atoms with Gasteiger partial charge in [-0.05, 0) is 12.1 Å². The molecule has 1 N–H and O–H groups in total. The van der Waals surface area contributed by atoms with Gasteiger partial charge in [-0.15, -0.1) is 0 Å². The second kappa shape index (κ2) is 5.01. The Morgan fingerprint density at radius 2 is 2.17 bits per heavy atom. The maximum Gasteiger partial charge on any atom is 0.354 e. The molecule has 0 amide bonds. The second-order valence-electron chi connectivity index (χ2n) is 3.43. The minimum Gasteiger partial charge on any atom is -0.477 e. The van der Waals surface area contributed by atoms with Gasteiger partial charge in [0.15, 0.2) is 5.03 Å². The van der Waals surface area contributed by atoms with Crippen LogP contribution in [0.5, 0.6) is 0 Å². The highest BCUT2D eigenvalue weighted by Gasteiger charge is 2.09. The first-order valence-corrected chi connectivity index (χ1v) is 5.78. The molecule has 0 fully saturated rings. The van der Waals surface area contributed by atoms with Crippen LogP contribution in [0.25, 0.3) is 0 Å². The fourth-order valence-corrected chi connectivity index (χ4v) is 2.12. The Balaban J connectivity index is 2.34. The summed E-state index contributed by atoms with van der Waals surface area (Å²) in [6.07, 6.45) is 4.46. The third-order valence-electron chi connectivity index (χ3n) is 2.15. The molecule has 92 valence electrons. The first-order chi connectivity index (χ1) is 8.58. The van der Waals surface area contributed by atoms with E-state index in [1.807, 2.05) is 0 Å². The van der Waals surface area contributed by atoms with Crippen LogP contribution in [0.4, 0.5) is 0 Å². The lowest BCUT2D eigenvalue weighted by atomic mass is 10.3. The average Bonchev–Trinajstić information content (AvgIpc) is 2.35. The van der Waals surface area contributed by atoms with Crippen LogP contribution in [0.3, 0.4) is 0 Å². The van der Waals surface area contributed by atoms with Crippen molar-refractivity contribution in [2.75, 3.05) is 0 Å². The number of aromatic nitrogens is 3. The first-order valence-electron chi connectivity index (χ1n) is 4.97. The number of pyridine rings is 1. The topological polar surface area (TPSA) is 85.1 Å². The average molecular weight is 263 g/mol. The number of hydrogen-bond acceptors (Lipinski definition) is 5. The number of hydrogen-bond donors (Lipinski definition) is 1. The lowest BCUT2D eigenvalue weighted by Gasteiger charge is -2.02. The summed E-state index contributed by atoms with van der Waals surface area (Å²) in [5, 5.41) is 9.11. The maximum absolute atomic E-state index is 11.7. The molecule has 2 heterocycles. The highest BCUT2D eigenvalue weighted by Crippen LogP contribution is 2.23. The van der Waals surface area contributed by atoms with Gasteiger partial charge in [-0.3, -0.25) is 4.79 Å². The second-order valence-corrected chi connectivity index (χ2v) is 4.49. The fraction of sp³-hybridized carbons (Fsp3) is 0.0909. The van der Waals surface area contributed by atoms with E-state index in [9.17, 15) is 9.59 Å². The Kier molecular flexibility index (Phi) is 3.42. The summed E-state index contributed by atoms with van der Waals surface area (Å²) < 4.78 is 1.41. The van der Waals surface area contributed by atoms with Crippen molar-refractivity contribution < 1.29 is 9.90 Å². The van der Waals surface area contributed by atoms with E-state index >= 15 is 0 Å². The first kappa shape index (κ1) is 12.3. The number of aryl methyl sites for hydroxylation is 1. The lowest BCUT2D eigenvalue weighted by molar-refractivity contribution is 0.0690. The Bertz CT molecular complexity index is 654. The number of carboxylic acid groups (broad SMARTS) is 1. The number of carboxylic acids is 1. The zero-order valence-corrected chi connectivity index (χ0v) is 10.2. The molecule has 0 aliphatic carbocycles. The Morgan fingerprint density at radius 3 is 2.89 bits per heavy atom. The number of carbonyl (C=O) groups is 1. The molecule has 2 aromatic rings.